The first kappa shape index (κ1) is 15.4. The average Bonchev–Trinajstić information content (AvgIpc) is 2.73. The predicted octanol–water partition coefficient (Wildman–Crippen LogP) is 2.12. The zero-order valence-corrected chi connectivity index (χ0v) is 12.0. The molecule has 0 saturated carbocycles. The van der Waals surface area contributed by atoms with Crippen molar-refractivity contribution in [3.63, 3.8) is 0 Å². The van der Waals surface area contributed by atoms with E-state index in [1.807, 2.05) is 0 Å². The molecule has 18 heavy (non-hydrogen) atoms. The second-order valence-electron chi connectivity index (χ2n) is 6.15. The van der Waals surface area contributed by atoms with Crippen molar-refractivity contribution in [3.8, 4) is 0 Å². The quantitative estimate of drug-likeness (QED) is 0.711. The van der Waals surface area contributed by atoms with Crippen molar-refractivity contribution in [1.29, 1.82) is 0 Å². The number of hydrogen-bond donors (Lipinski definition) is 1. The molecule has 1 saturated heterocycles. The summed E-state index contributed by atoms with van der Waals surface area (Å²) < 4.78 is 11.0. The minimum atomic E-state index is 0.0559. The van der Waals surface area contributed by atoms with Gasteiger partial charge in [-0.25, -0.2) is 0 Å². The van der Waals surface area contributed by atoms with E-state index >= 15 is 0 Å². The number of amides is 1. The highest BCUT2D eigenvalue weighted by atomic mass is 16.5. The standard InChI is InChI=1S/C14H27NO3/c1-14(2,3)10-13(16)15-7-5-8-17-11-12-6-4-9-18-12/h12H,4-11H2,1-3H3,(H,15,16). The monoisotopic (exact) mass is 257 g/mol. The van der Waals surface area contributed by atoms with Gasteiger partial charge in [-0.15, -0.1) is 0 Å². The van der Waals surface area contributed by atoms with Crippen molar-refractivity contribution in [3.05, 3.63) is 0 Å². The Kier molecular flexibility index (Phi) is 6.65. The van der Waals surface area contributed by atoms with Crippen molar-refractivity contribution in [2.75, 3.05) is 26.4 Å². The van der Waals surface area contributed by atoms with Gasteiger partial charge in [0.15, 0.2) is 0 Å². The fourth-order valence-corrected chi connectivity index (χ4v) is 1.94. The number of hydrogen-bond acceptors (Lipinski definition) is 3. The normalized spacial score (nSPS) is 20.1. The van der Waals surface area contributed by atoms with E-state index < -0.39 is 0 Å². The van der Waals surface area contributed by atoms with Gasteiger partial charge in [0, 0.05) is 26.2 Å². The average molecular weight is 257 g/mol. The minimum Gasteiger partial charge on any atom is -0.379 e. The lowest BCUT2D eigenvalue weighted by atomic mass is 9.92. The highest BCUT2D eigenvalue weighted by Crippen LogP contribution is 2.17. The van der Waals surface area contributed by atoms with Crippen LogP contribution >= 0.6 is 0 Å². The Labute approximate surface area is 110 Å². The molecule has 0 radical (unpaired) electrons. The highest BCUT2D eigenvalue weighted by Gasteiger charge is 2.16. The molecule has 106 valence electrons. The summed E-state index contributed by atoms with van der Waals surface area (Å²) in [6.45, 7) is 9.15. The fourth-order valence-electron chi connectivity index (χ4n) is 1.94. The first-order valence-electron chi connectivity index (χ1n) is 6.93. The summed E-state index contributed by atoms with van der Waals surface area (Å²) in [7, 11) is 0. The molecule has 0 aromatic heterocycles. The third-order valence-electron chi connectivity index (χ3n) is 2.81. The number of carbonyl (C=O) groups excluding carboxylic acids is 1. The molecule has 1 unspecified atom stereocenters. The van der Waals surface area contributed by atoms with Crippen LogP contribution < -0.4 is 5.32 Å². The van der Waals surface area contributed by atoms with Crippen LogP contribution in [0.5, 0.6) is 0 Å². The summed E-state index contributed by atoms with van der Waals surface area (Å²) >= 11 is 0. The predicted molar refractivity (Wildman–Crippen MR) is 71.5 cm³/mol. The smallest absolute Gasteiger partial charge is 0.220 e. The molecular formula is C14H27NO3. The second-order valence-corrected chi connectivity index (χ2v) is 6.15. The van der Waals surface area contributed by atoms with Crippen molar-refractivity contribution < 1.29 is 14.3 Å². The van der Waals surface area contributed by atoms with E-state index in [1.54, 1.807) is 0 Å². The Hall–Kier alpha value is -0.610. The maximum atomic E-state index is 11.5. The molecule has 1 fully saturated rings. The Morgan fingerprint density at radius 3 is 2.83 bits per heavy atom. The molecule has 4 nitrogen and oxygen atoms in total. The van der Waals surface area contributed by atoms with Gasteiger partial charge >= 0.3 is 0 Å². The molecule has 1 aliphatic rings. The lowest BCUT2D eigenvalue weighted by Crippen LogP contribution is -2.29. The van der Waals surface area contributed by atoms with Crippen molar-refractivity contribution in [2.45, 2.75) is 52.6 Å². The van der Waals surface area contributed by atoms with E-state index in [2.05, 4.69) is 26.1 Å². The Balaban J connectivity index is 1.90. The molecule has 1 heterocycles. The zero-order valence-electron chi connectivity index (χ0n) is 12.0. The third-order valence-corrected chi connectivity index (χ3v) is 2.81. The molecule has 4 heteroatoms. The van der Waals surface area contributed by atoms with Gasteiger partial charge in [0.25, 0.3) is 0 Å². The summed E-state index contributed by atoms with van der Waals surface area (Å²) in [5, 5.41) is 2.92. The van der Waals surface area contributed by atoms with Crippen LogP contribution in [0.2, 0.25) is 0 Å². The van der Waals surface area contributed by atoms with Crippen LogP contribution in [0.3, 0.4) is 0 Å². The molecule has 1 N–H and O–H groups in total. The molecule has 0 bridgehead atoms. The fraction of sp³-hybridized carbons (Fsp3) is 0.929. The lowest BCUT2D eigenvalue weighted by molar-refractivity contribution is -0.122. The molecule has 0 aromatic carbocycles. The van der Waals surface area contributed by atoms with E-state index in [4.69, 9.17) is 9.47 Å². The van der Waals surface area contributed by atoms with Crippen molar-refractivity contribution in [1.82, 2.24) is 5.32 Å². The van der Waals surface area contributed by atoms with E-state index in [0.717, 1.165) is 25.9 Å². The van der Waals surface area contributed by atoms with Crippen molar-refractivity contribution >= 4 is 5.91 Å². The molecule has 0 aromatic rings. The largest absolute Gasteiger partial charge is 0.379 e. The van der Waals surface area contributed by atoms with Crippen molar-refractivity contribution in [2.24, 2.45) is 5.41 Å². The molecule has 1 atom stereocenters. The maximum absolute atomic E-state index is 11.5. The van der Waals surface area contributed by atoms with E-state index in [0.29, 0.717) is 32.3 Å². The van der Waals surface area contributed by atoms with Gasteiger partial charge in [0.2, 0.25) is 5.91 Å². The van der Waals surface area contributed by atoms with E-state index in [-0.39, 0.29) is 11.3 Å². The summed E-state index contributed by atoms with van der Waals surface area (Å²) in [6, 6.07) is 0. The minimum absolute atomic E-state index is 0.0559. The molecule has 0 aliphatic carbocycles. The SMILES string of the molecule is CC(C)(C)CC(=O)NCCCOCC1CCCO1. The summed E-state index contributed by atoms with van der Waals surface area (Å²) in [5.41, 5.74) is 0.0559. The summed E-state index contributed by atoms with van der Waals surface area (Å²) in [5.74, 6) is 0.127. The molecule has 1 rings (SSSR count). The van der Waals surface area contributed by atoms with Gasteiger partial charge in [0.05, 0.1) is 12.7 Å². The van der Waals surface area contributed by atoms with Gasteiger partial charge in [-0.1, -0.05) is 20.8 Å². The van der Waals surface area contributed by atoms with Crippen LogP contribution in [0.25, 0.3) is 0 Å². The van der Waals surface area contributed by atoms with Crippen LogP contribution in [-0.4, -0.2) is 38.4 Å². The topological polar surface area (TPSA) is 47.6 Å². The summed E-state index contributed by atoms with van der Waals surface area (Å²) in [4.78, 5) is 11.5. The molecule has 0 spiro atoms. The number of rotatable bonds is 7. The third kappa shape index (κ3) is 7.67. The first-order valence-corrected chi connectivity index (χ1v) is 6.93. The molecular weight excluding hydrogens is 230 g/mol. The van der Waals surface area contributed by atoms with Crippen LogP contribution in [-0.2, 0) is 14.3 Å². The van der Waals surface area contributed by atoms with E-state index in [1.165, 1.54) is 0 Å². The highest BCUT2D eigenvalue weighted by molar-refractivity contribution is 5.76. The Morgan fingerprint density at radius 1 is 1.44 bits per heavy atom. The van der Waals surface area contributed by atoms with Gasteiger partial charge in [-0.05, 0) is 24.7 Å². The van der Waals surface area contributed by atoms with Crippen LogP contribution in [0.15, 0.2) is 0 Å². The Morgan fingerprint density at radius 2 is 2.22 bits per heavy atom. The van der Waals surface area contributed by atoms with Gasteiger partial charge in [-0.2, -0.15) is 0 Å². The number of carbonyl (C=O) groups is 1. The first-order chi connectivity index (χ1) is 8.47. The van der Waals surface area contributed by atoms with E-state index in [9.17, 15) is 4.79 Å². The van der Waals surface area contributed by atoms with Crippen LogP contribution in [0.4, 0.5) is 0 Å². The lowest BCUT2D eigenvalue weighted by Gasteiger charge is -2.17. The number of nitrogens with one attached hydrogen (secondary N) is 1. The molecule has 1 aliphatic heterocycles. The zero-order chi connectivity index (χ0) is 13.4. The Bertz CT molecular complexity index is 242. The van der Waals surface area contributed by atoms with Crippen LogP contribution in [0, 0.1) is 5.41 Å². The maximum Gasteiger partial charge on any atom is 0.220 e. The van der Waals surface area contributed by atoms with Gasteiger partial charge < -0.3 is 14.8 Å². The number of ether oxygens (including phenoxy) is 2. The van der Waals surface area contributed by atoms with Gasteiger partial charge in [-0.3, -0.25) is 4.79 Å². The summed E-state index contributed by atoms with van der Waals surface area (Å²) in [6.07, 6.45) is 3.99. The second kappa shape index (κ2) is 7.74. The molecule has 1 amide bonds. The van der Waals surface area contributed by atoms with Gasteiger partial charge in [0.1, 0.15) is 0 Å². The van der Waals surface area contributed by atoms with Crippen LogP contribution in [0.1, 0.15) is 46.5 Å².